The number of anilines is 1. The van der Waals surface area contributed by atoms with Gasteiger partial charge in [-0.15, -0.1) is 0 Å². The number of carbonyl (C=O) groups is 1. The molecule has 0 fully saturated rings. The Bertz CT molecular complexity index is 591. The van der Waals surface area contributed by atoms with Gasteiger partial charge in [0.15, 0.2) is 6.61 Å². The molecule has 2 aromatic carbocycles. The van der Waals surface area contributed by atoms with Gasteiger partial charge in [-0.3, -0.25) is 4.79 Å². The lowest BCUT2D eigenvalue weighted by molar-refractivity contribution is -0.120. The first-order chi connectivity index (χ1) is 10.6. The predicted octanol–water partition coefficient (Wildman–Crippen LogP) is 4.24. The Labute approximate surface area is 132 Å². The third-order valence-electron chi connectivity index (χ3n) is 3.59. The molecule has 0 aliphatic heterocycles. The van der Waals surface area contributed by atoms with Crippen molar-refractivity contribution in [1.82, 2.24) is 0 Å². The third kappa shape index (κ3) is 4.10. The van der Waals surface area contributed by atoms with E-state index in [9.17, 15) is 4.79 Å². The summed E-state index contributed by atoms with van der Waals surface area (Å²) in [6.45, 7) is 6.93. The topological polar surface area (TPSA) is 29.5 Å². The Hall–Kier alpha value is -2.29. The van der Waals surface area contributed by atoms with Gasteiger partial charge in [-0.1, -0.05) is 44.2 Å². The molecule has 0 aliphatic rings. The van der Waals surface area contributed by atoms with Crippen molar-refractivity contribution < 1.29 is 9.53 Å². The summed E-state index contributed by atoms with van der Waals surface area (Å²) in [6.07, 6.45) is 0. The van der Waals surface area contributed by atoms with Crippen LogP contribution in [0.1, 0.15) is 32.3 Å². The van der Waals surface area contributed by atoms with Crippen LogP contribution in [-0.4, -0.2) is 19.1 Å². The van der Waals surface area contributed by atoms with Crippen molar-refractivity contribution in [2.45, 2.75) is 26.7 Å². The Morgan fingerprint density at radius 3 is 2.23 bits per heavy atom. The fraction of sp³-hybridized carbons (Fsp3) is 0.316. The maximum absolute atomic E-state index is 12.3. The van der Waals surface area contributed by atoms with Crippen LogP contribution < -0.4 is 9.64 Å². The molecule has 0 saturated heterocycles. The predicted molar refractivity (Wildman–Crippen MR) is 90.5 cm³/mol. The van der Waals surface area contributed by atoms with E-state index in [0.717, 1.165) is 11.4 Å². The second kappa shape index (κ2) is 7.64. The summed E-state index contributed by atoms with van der Waals surface area (Å²) in [4.78, 5) is 14.0. The molecule has 22 heavy (non-hydrogen) atoms. The Kier molecular flexibility index (Phi) is 5.59. The number of nitrogens with zero attached hydrogens (tertiary/aromatic N) is 1. The van der Waals surface area contributed by atoms with Gasteiger partial charge in [-0.2, -0.15) is 0 Å². The van der Waals surface area contributed by atoms with E-state index in [0.29, 0.717) is 12.5 Å². The molecule has 0 heterocycles. The van der Waals surface area contributed by atoms with Crippen molar-refractivity contribution >= 4 is 11.6 Å². The van der Waals surface area contributed by atoms with Crippen LogP contribution >= 0.6 is 0 Å². The Morgan fingerprint density at radius 2 is 1.68 bits per heavy atom. The van der Waals surface area contributed by atoms with Crippen molar-refractivity contribution in [3.05, 3.63) is 60.2 Å². The third-order valence-corrected chi connectivity index (χ3v) is 3.59. The minimum atomic E-state index is -0.0402. The average molecular weight is 297 g/mol. The Balaban J connectivity index is 1.96. The maximum Gasteiger partial charge on any atom is 0.264 e. The molecule has 1 amide bonds. The van der Waals surface area contributed by atoms with E-state index in [4.69, 9.17) is 4.74 Å². The van der Waals surface area contributed by atoms with Crippen molar-refractivity contribution in [3.8, 4) is 5.75 Å². The van der Waals surface area contributed by atoms with Crippen LogP contribution in [0, 0.1) is 0 Å². The van der Waals surface area contributed by atoms with Crippen LogP contribution in [-0.2, 0) is 4.79 Å². The van der Waals surface area contributed by atoms with Crippen molar-refractivity contribution in [3.63, 3.8) is 0 Å². The normalized spacial score (nSPS) is 10.5. The lowest BCUT2D eigenvalue weighted by atomic mass is 10.0. The zero-order valence-corrected chi connectivity index (χ0v) is 13.5. The molecule has 0 N–H and O–H groups in total. The number of carbonyl (C=O) groups excluding carboxylic acids is 1. The molecule has 0 aromatic heterocycles. The fourth-order valence-corrected chi connectivity index (χ4v) is 2.28. The minimum Gasteiger partial charge on any atom is -0.484 e. The minimum absolute atomic E-state index is 0.0402. The molecule has 0 radical (unpaired) electrons. The monoisotopic (exact) mass is 297 g/mol. The summed E-state index contributed by atoms with van der Waals surface area (Å²) in [5.74, 6) is 1.17. The Morgan fingerprint density at radius 1 is 1.05 bits per heavy atom. The lowest BCUT2D eigenvalue weighted by Gasteiger charge is -2.21. The molecule has 0 unspecified atom stereocenters. The highest BCUT2D eigenvalue weighted by Gasteiger charge is 2.14. The van der Waals surface area contributed by atoms with Crippen LogP contribution in [0.5, 0.6) is 5.75 Å². The van der Waals surface area contributed by atoms with E-state index < -0.39 is 0 Å². The summed E-state index contributed by atoms with van der Waals surface area (Å²) < 4.78 is 5.62. The van der Waals surface area contributed by atoms with Gasteiger partial charge in [0.25, 0.3) is 5.91 Å². The summed E-state index contributed by atoms with van der Waals surface area (Å²) in [5.41, 5.74) is 2.16. The molecular weight excluding hydrogens is 274 g/mol. The number of amides is 1. The highest BCUT2D eigenvalue weighted by molar-refractivity contribution is 5.94. The SMILES string of the molecule is CCN(C(=O)COc1ccc(C(C)C)cc1)c1ccccc1. The number of rotatable bonds is 6. The lowest BCUT2D eigenvalue weighted by Crippen LogP contribution is -2.34. The second-order valence-electron chi connectivity index (χ2n) is 5.49. The molecule has 0 bridgehead atoms. The largest absolute Gasteiger partial charge is 0.484 e. The van der Waals surface area contributed by atoms with E-state index in [1.54, 1.807) is 4.90 Å². The highest BCUT2D eigenvalue weighted by atomic mass is 16.5. The van der Waals surface area contributed by atoms with Crippen LogP contribution in [0.4, 0.5) is 5.69 Å². The molecule has 2 rings (SSSR count). The number of para-hydroxylation sites is 1. The smallest absolute Gasteiger partial charge is 0.264 e. The van der Waals surface area contributed by atoms with Crippen LogP contribution in [0.25, 0.3) is 0 Å². The molecule has 3 nitrogen and oxygen atoms in total. The molecule has 0 spiro atoms. The molecule has 2 aromatic rings. The zero-order chi connectivity index (χ0) is 15.9. The van der Waals surface area contributed by atoms with Gasteiger partial charge >= 0.3 is 0 Å². The number of hydrogen-bond acceptors (Lipinski definition) is 2. The van der Waals surface area contributed by atoms with Gasteiger partial charge in [0.1, 0.15) is 5.75 Å². The molecule has 0 saturated carbocycles. The van der Waals surface area contributed by atoms with E-state index in [1.165, 1.54) is 5.56 Å². The first-order valence-corrected chi connectivity index (χ1v) is 7.70. The van der Waals surface area contributed by atoms with Crippen LogP contribution in [0.2, 0.25) is 0 Å². The number of hydrogen-bond donors (Lipinski definition) is 0. The van der Waals surface area contributed by atoms with Crippen molar-refractivity contribution in [2.24, 2.45) is 0 Å². The van der Waals surface area contributed by atoms with Gasteiger partial charge in [-0.05, 0) is 42.7 Å². The summed E-state index contributed by atoms with van der Waals surface area (Å²) in [7, 11) is 0. The number of ether oxygens (including phenoxy) is 1. The number of likely N-dealkylation sites (N-methyl/N-ethyl adjacent to an activating group) is 1. The maximum atomic E-state index is 12.3. The standard InChI is InChI=1S/C19H23NO2/c1-4-20(17-8-6-5-7-9-17)19(21)14-22-18-12-10-16(11-13-18)15(2)3/h5-13,15H,4,14H2,1-3H3. The van der Waals surface area contributed by atoms with Crippen LogP contribution in [0.3, 0.4) is 0 Å². The summed E-state index contributed by atoms with van der Waals surface area (Å²) >= 11 is 0. The highest BCUT2D eigenvalue weighted by Crippen LogP contribution is 2.19. The van der Waals surface area contributed by atoms with E-state index in [1.807, 2.05) is 61.5 Å². The quantitative estimate of drug-likeness (QED) is 0.798. The van der Waals surface area contributed by atoms with Gasteiger partial charge < -0.3 is 9.64 Å². The number of benzene rings is 2. The van der Waals surface area contributed by atoms with Crippen molar-refractivity contribution in [2.75, 3.05) is 18.1 Å². The summed E-state index contributed by atoms with van der Waals surface area (Å²) in [5, 5.41) is 0. The molecule has 0 aliphatic carbocycles. The molecular formula is C19H23NO2. The van der Waals surface area contributed by atoms with Crippen molar-refractivity contribution in [1.29, 1.82) is 0 Å². The molecule has 0 atom stereocenters. The first kappa shape index (κ1) is 16.1. The van der Waals surface area contributed by atoms with E-state index in [2.05, 4.69) is 13.8 Å². The van der Waals surface area contributed by atoms with E-state index >= 15 is 0 Å². The van der Waals surface area contributed by atoms with Gasteiger partial charge in [0.2, 0.25) is 0 Å². The van der Waals surface area contributed by atoms with E-state index in [-0.39, 0.29) is 12.5 Å². The summed E-state index contributed by atoms with van der Waals surface area (Å²) in [6, 6.07) is 17.6. The molecule has 116 valence electrons. The zero-order valence-electron chi connectivity index (χ0n) is 13.5. The van der Waals surface area contributed by atoms with Gasteiger partial charge in [0.05, 0.1) is 0 Å². The van der Waals surface area contributed by atoms with Crippen LogP contribution in [0.15, 0.2) is 54.6 Å². The fourth-order valence-electron chi connectivity index (χ4n) is 2.28. The average Bonchev–Trinajstić information content (AvgIpc) is 2.55. The second-order valence-corrected chi connectivity index (χ2v) is 5.49. The van der Waals surface area contributed by atoms with Gasteiger partial charge in [-0.25, -0.2) is 0 Å². The van der Waals surface area contributed by atoms with Gasteiger partial charge in [0, 0.05) is 12.2 Å². The molecule has 3 heteroatoms. The first-order valence-electron chi connectivity index (χ1n) is 7.70.